The fraction of sp³-hybridized carbons (Fsp3) is 0.353. The van der Waals surface area contributed by atoms with Crippen LogP contribution in [0.15, 0.2) is 41.6 Å². The Labute approximate surface area is 161 Å². The summed E-state index contributed by atoms with van der Waals surface area (Å²) in [5.41, 5.74) is 0. The van der Waals surface area contributed by atoms with E-state index in [-0.39, 0.29) is 18.9 Å². The van der Waals surface area contributed by atoms with Gasteiger partial charge in [-0.1, -0.05) is 0 Å². The van der Waals surface area contributed by atoms with Crippen LogP contribution < -0.4 is 9.62 Å². The molecule has 11 heteroatoms. The molecule has 150 valence electrons. The minimum Gasteiger partial charge on any atom is -0.339 e. The summed E-state index contributed by atoms with van der Waals surface area (Å²) in [7, 11) is -4.02. The molecular formula is C17H19F2N5O3S. The topological polar surface area (TPSA) is 95.5 Å². The molecule has 28 heavy (non-hydrogen) atoms. The Kier molecular flexibility index (Phi) is 6.15. The van der Waals surface area contributed by atoms with E-state index in [1.807, 2.05) is 4.90 Å². The minimum absolute atomic E-state index is 0.0370. The van der Waals surface area contributed by atoms with E-state index in [4.69, 9.17) is 0 Å². The van der Waals surface area contributed by atoms with Crippen molar-refractivity contribution in [3.8, 4) is 0 Å². The van der Waals surface area contributed by atoms with E-state index in [9.17, 15) is 22.0 Å². The van der Waals surface area contributed by atoms with Gasteiger partial charge in [0.25, 0.3) is 0 Å². The molecule has 1 aliphatic rings. The van der Waals surface area contributed by atoms with Gasteiger partial charge < -0.3 is 9.80 Å². The van der Waals surface area contributed by atoms with Gasteiger partial charge in [-0.05, 0) is 24.3 Å². The monoisotopic (exact) mass is 411 g/mol. The molecule has 1 amide bonds. The molecule has 3 rings (SSSR count). The van der Waals surface area contributed by atoms with E-state index >= 15 is 0 Å². The molecule has 1 saturated heterocycles. The number of rotatable bonds is 6. The van der Waals surface area contributed by atoms with Crippen LogP contribution in [-0.4, -0.2) is 61.9 Å². The summed E-state index contributed by atoms with van der Waals surface area (Å²) in [4.78, 5) is 23.9. The lowest BCUT2D eigenvalue weighted by molar-refractivity contribution is -0.131. The lowest BCUT2D eigenvalue weighted by atomic mass is 10.3. The second kappa shape index (κ2) is 8.57. The Morgan fingerprint density at radius 2 is 1.75 bits per heavy atom. The predicted octanol–water partition coefficient (Wildman–Crippen LogP) is 0.772. The summed E-state index contributed by atoms with van der Waals surface area (Å²) >= 11 is 0. The highest BCUT2D eigenvalue weighted by atomic mass is 32.2. The molecule has 0 atom stereocenters. The van der Waals surface area contributed by atoms with E-state index in [0.717, 1.165) is 12.1 Å². The second-order valence-corrected chi connectivity index (χ2v) is 7.91. The highest BCUT2D eigenvalue weighted by Gasteiger charge is 2.23. The average Bonchev–Trinajstić information content (AvgIpc) is 2.70. The number of halogens is 2. The SMILES string of the molecule is O=C(CCNS(=O)(=O)c1ccc(F)c(F)c1)N1CCN(c2ncccn2)CC1. The van der Waals surface area contributed by atoms with Crippen molar-refractivity contribution >= 4 is 21.9 Å². The van der Waals surface area contributed by atoms with Gasteiger partial charge in [0.1, 0.15) is 0 Å². The molecule has 0 bridgehead atoms. The summed E-state index contributed by atoms with van der Waals surface area (Å²) in [5.74, 6) is -1.97. The van der Waals surface area contributed by atoms with Crippen molar-refractivity contribution in [1.29, 1.82) is 0 Å². The number of nitrogens with one attached hydrogen (secondary N) is 1. The molecule has 0 saturated carbocycles. The van der Waals surface area contributed by atoms with Crippen molar-refractivity contribution in [2.24, 2.45) is 0 Å². The highest BCUT2D eigenvalue weighted by Crippen LogP contribution is 2.14. The number of piperazine rings is 1. The van der Waals surface area contributed by atoms with Crippen molar-refractivity contribution in [2.45, 2.75) is 11.3 Å². The second-order valence-electron chi connectivity index (χ2n) is 6.14. The van der Waals surface area contributed by atoms with Gasteiger partial charge in [0.2, 0.25) is 21.9 Å². The molecule has 2 heterocycles. The molecule has 1 aliphatic heterocycles. The number of amides is 1. The first kappa shape index (κ1) is 20.1. The van der Waals surface area contributed by atoms with Crippen molar-refractivity contribution < 1.29 is 22.0 Å². The first-order chi connectivity index (χ1) is 13.4. The average molecular weight is 411 g/mol. The first-order valence-electron chi connectivity index (χ1n) is 8.61. The predicted molar refractivity (Wildman–Crippen MR) is 97.0 cm³/mol. The molecule has 0 radical (unpaired) electrons. The summed E-state index contributed by atoms with van der Waals surface area (Å²) in [5, 5.41) is 0. The number of anilines is 1. The van der Waals surface area contributed by atoms with Gasteiger partial charge >= 0.3 is 0 Å². The molecule has 0 unspecified atom stereocenters. The number of sulfonamides is 1. The third kappa shape index (κ3) is 4.78. The van der Waals surface area contributed by atoms with Crippen LogP contribution in [0.4, 0.5) is 14.7 Å². The van der Waals surface area contributed by atoms with Crippen molar-refractivity contribution in [1.82, 2.24) is 19.6 Å². The molecule has 2 aromatic rings. The number of hydrogen-bond donors (Lipinski definition) is 1. The smallest absolute Gasteiger partial charge is 0.240 e. The number of hydrogen-bond acceptors (Lipinski definition) is 6. The van der Waals surface area contributed by atoms with Crippen LogP contribution >= 0.6 is 0 Å². The zero-order chi connectivity index (χ0) is 20.1. The molecule has 1 fully saturated rings. The van der Waals surface area contributed by atoms with Crippen LogP contribution in [0.5, 0.6) is 0 Å². The van der Waals surface area contributed by atoms with Gasteiger partial charge in [-0.15, -0.1) is 0 Å². The Morgan fingerprint density at radius 1 is 1.07 bits per heavy atom. The molecule has 1 aromatic heterocycles. The van der Waals surface area contributed by atoms with Gasteiger partial charge in [-0.25, -0.2) is 31.9 Å². The summed E-state index contributed by atoms with van der Waals surface area (Å²) in [6.45, 7) is 1.98. The molecule has 1 aromatic carbocycles. The number of nitrogens with zero attached hydrogens (tertiary/aromatic N) is 4. The Bertz CT molecular complexity index is 935. The van der Waals surface area contributed by atoms with Gasteiger partial charge in [0.05, 0.1) is 4.90 Å². The van der Waals surface area contributed by atoms with Crippen LogP contribution in [0, 0.1) is 11.6 Å². The molecule has 0 aliphatic carbocycles. The fourth-order valence-corrected chi connectivity index (χ4v) is 3.83. The van der Waals surface area contributed by atoms with Crippen LogP contribution in [0.2, 0.25) is 0 Å². The van der Waals surface area contributed by atoms with Gasteiger partial charge in [-0.3, -0.25) is 4.79 Å². The zero-order valence-electron chi connectivity index (χ0n) is 14.9. The lowest BCUT2D eigenvalue weighted by Gasteiger charge is -2.34. The maximum absolute atomic E-state index is 13.2. The van der Waals surface area contributed by atoms with Gasteiger partial charge in [0, 0.05) is 51.5 Å². The van der Waals surface area contributed by atoms with Crippen LogP contribution in [-0.2, 0) is 14.8 Å². The Balaban J connectivity index is 1.47. The van der Waals surface area contributed by atoms with E-state index in [1.54, 1.807) is 23.4 Å². The Morgan fingerprint density at radius 3 is 2.39 bits per heavy atom. The third-order valence-corrected chi connectivity index (χ3v) is 5.76. The van der Waals surface area contributed by atoms with E-state index in [0.29, 0.717) is 38.2 Å². The van der Waals surface area contributed by atoms with E-state index in [1.165, 1.54) is 0 Å². The van der Waals surface area contributed by atoms with Crippen molar-refractivity contribution in [3.63, 3.8) is 0 Å². The first-order valence-corrected chi connectivity index (χ1v) is 10.1. The molecule has 8 nitrogen and oxygen atoms in total. The fourth-order valence-electron chi connectivity index (χ4n) is 2.79. The van der Waals surface area contributed by atoms with Gasteiger partial charge in [0.15, 0.2) is 11.6 Å². The normalized spacial score (nSPS) is 14.9. The Hall–Kier alpha value is -2.66. The molecular weight excluding hydrogens is 392 g/mol. The molecule has 1 N–H and O–H groups in total. The summed E-state index contributed by atoms with van der Waals surface area (Å²) < 4.78 is 52.6. The third-order valence-electron chi connectivity index (χ3n) is 4.30. The maximum Gasteiger partial charge on any atom is 0.240 e. The maximum atomic E-state index is 13.2. The van der Waals surface area contributed by atoms with E-state index < -0.39 is 26.6 Å². The van der Waals surface area contributed by atoms with Crippen LogP contribution in [0.25, 0.3) is 0 Å². The summed E-state index contributed by atoms with van der Waals surface area (Å²) in [6.07, 6.45) is 3.27. The van der Waals surface area contributed by atoms with Crippen molar-refractivity contribution in [2.75, 3.05) is 37.6 Å². The van der Waals surface area contributed by atoms with Gasteiger partial charge in [-0.2, -0.15) is 0 Å². The van der Waals surface area contributed by atoms with Crippen molar-refractivity contribution in [3.05, 3.63) is 48.3 Å². The number of benzene rings is 1. The highest BCUT2D eigenvalue weighted by molar-refractivity contribution is 7.89. The van der Waals surface area contributed by atoms with Crippen LogP contribution in [0.3, 0.4) is 0 Å². The number of carbonyl (C=O) groups is 1. The lowest BCUT2D eigenvalue weighted by Crippen LogP contribution is -2.49. The number of aromatic nitrogens is 2. The minimum atomic E-state index is -4.02. The largest absolute Gasteiger partial charge is 0.339 e. The van der Waals surface area contributed by atoms with Crippen LogP contribution in [0.1, 0.15) is 6.42 Å². The summed E-state index contributed by atoms with van der Waals surface area (Å²) in [6, 6.07) is 4.04. The zero-order valence-corrected chi connectivity index (χ0v) is 15.7. The van der Waals surface area contributed by atoms with E-state index in [2.05, 4.69) is 14.7 Å². The quantitative estimate of drug-likeness (QED) is 0.755. The number of carbonyl (C=O) groups excluding carboxylic acids is 1. The molecule has 0 spiro atoms. The standard InChI is InChI=1S/C17H19F2N5O3S/c18-14-3-2-13(12-15(14)19)28(26,27)22-7-4-16(25)23-8-10-24(11-9-23)17-20-5-1-6-21-17/h1-3,5-6,12,22H,4,7-11H2.